The maximum Gasteiger partial charge on any atom is 0.192 e. The minimum Gasteiger partial charge on any atom is -0.411 e. The summed E-state index contributed by atoms with van der Waals surface area (Å²) in [5.41, 5.74) is 1.16. The van der Waals surface area contributed by atoms with Crippen molar-refractivity contribution in [2.45, 2.75) is 64.4 Å². The molecule has 0 fully saturated rings. The van der Waals surface area contributed by atoms with Crippen LogP contribution in [-0.2, 0) is 15.4 Å². The summed E-state index contributed by atoms with van der Waals surface area (Å²) < 4.78 is 36.1. The van der Waals surface area contributed by atoms with Gasteiger partial charge in [-0.15, -0.1) is 0 Å². The van der Waals surface area contributed by atoms with Gasteiger partial charge in [-0.1, -0.05) is 38.4 Å². The lowest BCUT2D eigenvalue weighted by atomic mass is 10.1. The molecule has 0 aliphatic heterocycles. The fourth-order valence-corrected chi connectivity index (χ4v) is 3.28. The standard InChI is InChI=1S/C18H29ClFNO2SSi/c1-17(2,3)24(22)21-16(12-23-25(7,8)18(4,5)6)13-9-10-15(20)14(19)11-13/h9-11H,12H2,1-8H3/b21-16+/t24-/m1/s1. The smallest absolute Gasteiger partial charge is 0.192 e. The topological polar surface area (TPSA) is 38.7 Å². The maximum absolute atomic E-state index is 13.5. The predicted molar refractivity (Wildman–Crippen MR) is 109 cm³/mol. The zero-order valence-corrected chi connectivity index (χ0v) is 18.9. The molecule has 0 aliphatic rings. The molecular weight excluding hydrogens is 377 g/mol. The first kappa shape index (κ1) is 22.5. The van der Waals surface area contributed by atoms with Gasteiger partial charge in [0.2, 0.25) is 0 Å². The van der Waals surface area contributed by atoms with Crippen LogP contribution in [0.3, 0.4) is 0 Å². The van der Waals surface area contributed by atoms with Gasteiger partial charge in [0.1, 0.15) is 16.8 Å². The second-order valence-corrected chi connectivity index (χ2v) is 15.7. The Morgan fingerprint density at radius 2 is 1.80 bits per heavy atom. The third-order valence-corrected chi connectivity index (χ3v) is 10.5. The van der Waals surface area contributed by atoms with E-state index in [1.807, 2.05) is 20.8 Å². The molecule has 0 unspecified atom stereocenters. The molecule has 0 spiro atoms. The molecule has 142 valence electrons. The summed E-state index contributed by atoms with van der Waals surface area (Å²) in [5, 5.41) is 0.0564. The van der Waals surface area contributed by atoms with Gasteiger partial charge < -0.3 is 4.43 Å². The Balaban J connectivity index is 3.23. The van der Waals surface area contributed by atoms with Gasteiger partial charge in [0.25, 0.3) is 0 Å². The van der Waals surface area contributed by atoms with Crippen molar-refractivity contribution >= 4 is 36.6 Å². The molecule has 0 amide bonds. The first-order valence-corrected chi connectivity index (χ1v) is 12.6. The van der Waals surface area contributed by atoms with E-state index in [0.29, 0.717) is 11.3 Å². The second-order valence-electron chi connectivity index (χ2n) is 8.58. The second kappa shape index (κ2) is 7.99. The van der Waals surface area contributed by atoms with Gasteiger partial charge in [0.05, 0.1) is 22.1 Å². The van der Waals surface area contributed by atoms with E-state index in [0.717, 1.165) is 0 Å². The molecule has 1 atom stereocenters. The Morgan fingerprint density at radius 3 is 2.24 bits per heavy atom. The van der Waals surface area contributed by atoms with Crippen molar-refractivity contribution in [3.05, 3.63) is 34.6 Å². The molecule has 7 heteroatoms. The largest absolute Gasteiger partial charge is 0.411 e. The number of hydrogen-bond donors (Lipinski definition) is 0. The molecule has 1 aromatic carbocycles. The predicted octanol–water partition coefficient (Wildman–Crippen LogP) is 5.75. The summed E-state index contributed by atoms with van der Waals surface area (Å²) in [6.07, 6.45) is 0. The van der Waals surface area contributed by atoms with Gasteiger partial charge in [-0.2, -0.15) is 4.40 Å². The Hall–Kier alpha value is -0.563. The maximum atomic E-state index is 13.5. The zero-order valence-electron chi connectivity index (χ0n) is 16.4. The van der Waals surface area contributed by atoms with Crippen LogP contribution in [0, 0.1) is 5.82 Å². The normalized spacial score (nSPS) is 15.4. The van der Waals surface area contributed by atoms with Gasteiger partial charge in [0.15, 0.2) is 8.32 Å². The molecule has 0 aromatic heterocycles. The summed E-state index contributed by atoms with van der Waals surface area (Å²) in [6.45, 7) is 16.5. The lowest BCUT2D eigenvalue weighted by Crippen LogP contribution is -2.42. The summed E-state index contributed by atoms with van der Waals surface area (Å²) in [6, 6.07) is 4.39. The van der Waals surface area contributed by atoms with E-state index in [1.165, 1.54) is 12.1 Å². The van der Waals surface area contributed by atoms with Gasteiger partial charge in [0, 0.05) is 5.56 Å². The quantitative estimate of drug-likeness (QED) is 0.461. The van der Waals surface area contributed by atoms with Crippen LogP contribution in [0.2, 0.25) is 23.2 Å². The first-order chi connectivity index (χ1) is 11.1. The van der Waals surface area contributed by atoms with E-state index < -0.39 is 29.9 Å². The van der Waals surface area contributed by atoms with E-state index in [2.05, 4.69) is 38.3 Å². The number of halogens is 2. The van der Waals surface area contributed by atoms with Crippen LogP contribution in [0.4, 0.5) is 4.39 Å². The SMILES string of the molecule is CC(C)(C)[S@@](=O)/N=C(\CO[Si](C)(C)C(C)(C)C)c1ccc(F)c(Cl)c1. The Morgan fingerprint density at radius 1 is 1.24 bits per heavy atom. The lowest BCUT2D eigenvalue weighted by molar-refractivity contribution is 0.340. The number of rotatable bonds is 5. The highest BCUT2D eigenvalue weighted by Crippen LogP contribution is 2.36. The summed E-state index contributed by atoms with van der Waals surface area (Å²) in [4.78, 5) is 0. The van der Waals surface area contributed by atoms with E-state index in [1.54, 1.807) is 6.07 Å². The monoisotopic (exact) mass is 405 g/mol. The molecule has 0 N–H and O–H groups in total. The van der Waals surface area contributed by atoms with Crippen LogP contribution < -0.4 is 0 Å². The van der Waals surface area contributed by atoms with Crippen molar-refractivity contribution in [3.63, 3.8) is 0 Å². The third-order valence-electron chi connectivity index (χ3n) is 4.35. The molecule has 1 aromatic rings. The molecule has 1 rings (SSSR count). The molecule has 3 nitrogen and oxygen atoms in total. The average Bonchev–Trinajstić information content (AvgIpc) is 2.44. The van der Waals surface area contributed by atoms with Crippen LogP contribution in [0.5, 0.6) is 0 Å². The van der Waals surface area contributed by atoms with Crippen molar-refractivity contribution < 1.29 is 13.0 Å². The minimum atomic E-state index is -2.01. The van der Waals surface area contributed by atoms with Crippen LogP contribution in [0.15, 0.2) is 22.6 Å². The minimum absolute atomic E-state index is 0.0130. The van der Waals surface area contributed by atoms with Crippen molar-refractivity contribution in [2.24, 2.45) is 4.40 Å². The molecule has 0 bridgehead atoms. The molecule has 25 heavy (non-hydrogen) atoms. The van der Waals surface area contributed by atoms with Crippen LogP contribution in [-0.4, -0.2) is 29.6 Å². The highest BCUT2D eigenvalue weighted by atomic mass is 35.5. The number of hydrogen-bond acceptors (Lipinski definition) is 2. The van der Waals surface area contributed by atoms with E-state index in [9.17, 15) is 8.60 Å². The Kier molecular flexibility index (Phi) is 7.18. The molecule has 0 aliphatic carbocycles. The Labute approximate surface area is 159 Å². The van der Waals surface area contributed by atoms with Gasteiger partial charge in [-0.3, -0.25) is 0 Å². The summed E-state index contributed by atoms with van der Waals surface area (Å²) >= 11 is 5.91. The molecule has 0 radical (unpaired) electrons. The summed E-state index contributed by atoms with van der Waals surface area (Å²) in [5.74, 6) is -0.493. The fraction of sp³-hybridized carbons (Fsp3) is 0.611. The van der Waals surface area contributed by atoms with Crippen LogP contribution in [0.1, 0.15) is 47.1 Å². The molecule has 0 saturated carbocycles. The van der Waals surface area contributed by atoms with E-state index >= 15 is 0 Å². The van der Waals surface area contributed by atoms with Gasteiger partial charge >= 0.3 is 0 Å². The lowest BCUT2D eigenvalue weighted by Gasteiger charge is -2.36. The molecule has 0 heterocycles. The zero-order chi connectivity index (χ0) is 19.6. The van der Waals surface area contributed by atoms with E-state index in [4.69, 9.17) is 16.0 Å². The van der Waals surface area contributed by atoms with E-state index in [-0.39, 0.29) is 16.7 Å². The van der Waals surface area contributed by atoms with Gasteiger partial charge in [-0.25, -0.2) is 8.60 Å². The van der Waals surface area contributed by atoms with Gasteiger partial charge in [-0.05, 0) is 51.0 Å². The van der Waals surface area contributed by atoms with Crippen molar-refractivity contribution in [3.8, 4) is 0 Å². The number of nitrogens with zero attached hydrogens (tertiary/aromatic N) is 1. The van der Waals surface area contributed by atoms with Crippen LogP contribution >= 0.6 is 11.6 Å². The number of benzene rings is 1. The Bertz CT molecular complexity index is 679. The van der Waals surface area contributed by atoms with Crippen molar-refractivity contribution in [1.29, 1.82) is 0 Å². The highest BCUT2D eigenvalue weighted by Gasteiger charge is 2.37. The molecule has 0 saturated heterocycles. The average molecular weight is 406 g/mol. The summed E-state index contributed by atoms with van der Waals surface area (Å²) in [7, 11) is -3.45. The van der Waals surface area contributed by atoms with Crippen molar-refractivity contribution in [2.75, 3.05) is 6.61 Å². The third kappa shape index (κ3) is 6.27. The van der Waals surface area contributed by atoms with Crippen molar-refractivity contribution in [1.82, 2.24) is 0 Å². The molecular formula is C18H29ClFNO2SSi. The highest BCUT2D eigenvalue weighted by molar-refractivity contribution is 7.85. The van der Waals surface area contributed by atoms with Crippen LogP contribution in [0.25, 0.3) is 0 Å². The fourth-order valence-electron chi connectivity index (χ4n) is 1.54. The first-order valence-electron chi connectivity index (χ1n) is 8.24.